The number of benzene rings is 2. The average molecular weight is 455 g/mol. The molecule has 1 N–H and O–H groups in total. The smallest absolute Gasteiger partial charge is 0.245 e. The van der Waals surface area contributed by atoms with Crippen molar-refractivity contribution in [1.82, 2.24) is 4.31 Å². The van der Waals surface area contributed by atoms with Crippen molar-refractivity contribution in [3.05, 3.63) is 57.8 Å². The van der Waals surface area contributed by atoms with Gasteiger partial charge in [-0.15, -0.1) is 0 Å². The minimum absolute atomic E-state index is 0.0428. The Morgan fingerprint density at radius 2 is 1.79 bits per heavy atom. The second kappa shape index (κ2) is 9.13. The highest BCUT2D eigenvalue weighted by Crippen LogP contribution is 2.28. The van der Waals surface area contributed by atoms with Gasteiger partial charge in [-0.1, -0.05) is 30.1 Å². The number of nitrogens with one attached hydrogen (secondary N) is 1. The van der Waals surface area contributed by atoms with E-state index in [4.69, 9.17) is 23.2 Å². The largest absolute Gasteiger partial charge is 0.322 e. The van der Waals surface area contributed by atoms with Gasteiger partial charge in [-0.2, -0.15) is 4.31 Å². The molecule has 0 saturated heterocycles. The zero-order chi connectivity index (χ0) is 21.1. The highest BCUT2D eigenvalue weighted by atomic mass is 35.5. The molecule has 0 spiro atoms. The lowest BCUT2D eigenvalue weighted by molar-refractivity contribution is -0.116. The number of carbonyl (C=O) groups excluding carboxylic acids is 1. The third kappa shape index (κ3) is 4.96. The van der Waals surface area contributed by atoms with Crippen LogP contribution in [0.1, 0.15) is 13.3 Å². The fourth-order valence-electron chi connectivity index (χ4n) is 2.32. The van der Waals surface area contributed by atoms with Gasteiger partial charge < -0.3 is 5.32 Å². The molecule has 0 atom stereocenters. The molecular formula is C17H15Cl2F3N2O3S. The maximum Gasteiger partial charge on any atom is 0.245 e. The normalized spacial score (nSPS) is 11.7. The minimum Gasteiger partial charge on any atom is -0.322 e. The predicted octanol–water partition coefficient (Wildman–Crippen LogP) is 4.45. The van der Waals surface area contributed by atoms with Gasteiger partial charge in [0.1, 0.15) is 4.90 Å². The number of anilines is 1. The van der Waals surface area contributed by atoms with Crippen LogP contribution in [0, 0.1) is 17.5 Å². The first-order valence-electron chi connectivity index (χ1n) is 7.96. The van der Waals surface area contributed by atoms with Crippen molar-refractivity contribution in [3.63, 3.8) is 0 Å². The van der Waals surface area contributed by atoms with Crippen molar-refractivity contribution >= 4 is 44.8 Å². The summed E-state index contributed by atoms with van der Waals surface area (Å²) in [7, 11) is -4.20. The van der Waals surface area contributed by atoms with E-state index in [2.05, 4.69) is 0 Å². The van der Waals surface area contributed by atoms with Crippen LogP contribution < -0.4 is 5.32 Å². The van der Waals surface area contributed by atoms with Crippen LogP contribution in [0.4, 0.5) is 18.9 Å². The van der Waals surface area contributed by atoms with Gasteiger partial charge in [-0.25, -0.2) is 21.6 Å². The van der Waals surface area contributed by atoms with Gasteiger partial charge in [0.05, 0.1) is 17.3 Å². The zero-order valence-corrected chi connectivity index (χ0v) is 16.8. The minimum atomic E-state index is -4.20. The molecule has 11 heteroatoms. The van der Waals surface area contributed by atoms with Crippen LogP contribution in [-0.4, -0.2) is 31.7 Å². The van der Waals surface area contributed by atoms with Gasteiger partial charge in [0.2, 0.25) is 15.9 Å². The van der Waals surface area contributed by atoms with Crippen LogP contribution in [0.25, 0.3) is 0 Å². The summed E-state index contributed by atoms with van der Waals surface area (Å²) in [6.45, 7) is 0.950. The summed E-state index contributed by atoms with van der Waals surface area (Å²) >= 11 is 11.8. The molecule has 2 aromatic carbocycles. The Morgan fingerprint density at radius 3 is 2.43 bits per heavy atom. The van der Waals surface area contributed by atoms with E-state index in [9.17, 15) is 26.4 Å². The van der Waals surface area contributed by atoms with Crippen molar-refractivity contribution in [3.8, 4) is 0 Å². The molecule has 0 radical (unpaired) electrons. The number of rotatable bonds is 7. The number of hydrogen-bond acceptors (Lipinski definition) is 3. The van der Waals surface area contributed by atoms with Gasteiger partial charge in [-0.3, -0.25) is 4.79 Å². The third-order valence-electron chi connectivity index (χ3n) is 3.61. The second-order valence-corrected chi connectivity index (χ2v) is 8.43. The standard InChI is InChI=1S/C17H15Cl2F3N2O3S/c1-2-7-24(28(26,27)14-8-10(18)3-4-11(14)19)9-15(25)23-13-6-5-12(20)16(21)17(13)22/h3-6,8H,2,7,9H2,1H3,(H,23,25). The maximum atomic E-state index is 13.7. The van der Waals surface area contributed by atoms with E-state index < -0.39 is 45.6 Å². The topological polar surface area (TPSA) is 66.5 Å². The quantitative estimate of drug-likeness (QED) is 0.628. The summed E-state index contributed by atoms with van der Waals surface area (Å²) in [5, 5.41) is 2.08. The predicted molar refractivity (Wildman–Crippen MR) is 100 cm³/mol. The summed E-state index contributed by atoms with van der Waals surface area (Å²) in [5.41, 5.74) is -0.612. The van der Waals surface area contributed by atoms with Crippen molar-refractivity contribution in [1.29, 1.82) is 0 Å². The highest BCUT2D eigenvalue weighted by Gasteiger charge is 2.29. The molecule has 0 aromatic heterocycles. The van der Waals surface area contributed by atoms with Gasteiger partial charge >= 0.3 is 0 Å². The molecule has 2 rings (SSSR count). The molecule has 5 nitrogen and oxygen atoms in total. The summed E-state index contributed by atoms with van der Waals surface area (Å²) in [5.74, 6) is -5.70. The van der Waals surface area contributed by atoms with Crippen molar-refractivity contribution < 1.29 is 26.4 Å². The van der Waals surface area contributed by atoms with Crippen LogP contribution >= 0.6 is 23.2 Å². The van der Waals surface area contributed by atoms with Crippen LogP contribution in [0.3, 0.4) is 0 Å². The van der Waals surface area contributed by atoms with E-state index >= 15 is 0 Å². The number of sulfonamides is 1. The second-order valence-electron chi connectivity index (χ2n) is 5.68. The fourth-order valence-corrected chi connectivity index (χ4v) is 4.55. The molecule has 0 aliphatic rings. The van der Waals surface area contributed by atoms with E-state index in [-0.39, 0.29) is 21.5 Å². The number of amides is 1. The van der Waals surface area contributed by atoms with Crippen LogP contribution in [0.15, 0.2) is 35.2 Å². The van der Waals surface area contributed by atoms with Crippen LogP contribution in [0.5, 0.6) is 0 Å². The first kappa shape index (κ1) is 22.5. The average Bonchev–Trinajstić information content (AvgIpc) is 2.63. The lowest BCUT2D eigenvalue weighted by atomic mass is 10.2. The molecule has 1 amide bonds. The van der Waals surface area contributed by atoms with E-state index in [0.717, 1.165) is 16.4 Å². The Labute approximate surface area is 170 Å². The molecule has 0 fully saturated rings. The molecule has 0 aliphatic heterocycles. The highest BCUT2D eigenvalue weighted by molar-refractivity contribution is 7.89. The summed E-state index contributed by atoms with van der Waals surface area (Å²) in [4.78, 5) is 11.9. The first-order chi connectivity index (χ1) is 13.1. The number of nitrogens with zero attached hydrogens (tertiary/aromatic N) is 1. The third-order valence-corrected chi connectivity index (χ3v) is 6.18. The van der Waals surface area contributed by atoms with Crippen molar-refractivity contribution in [2.24, 2.45) is 0 Å². The van der Waals surface area contributed by atoms with Crippen molar-refractivity contribution in [2.45, 2.75) is 18.2 Å². The molecule has 2 aromatic rings. The van der Waals surface area contributed by atoms with Gasteiger partial charge in [0.25, 0.3) is 0 Å². The monoisotopic (exact) mass is 454 g/mol. The summed E-state index contributed by atoms with van der Waals surface area (Å²) in [6, 6.07) is 5.33. The first-order valence-corrected chi connectivity index (χ1v) is 10.2. The molecule has 0 unspecified atom stereocenters. The lowest BCUT2D eigenvalue weighted by Crippen LogP contribution is -2.38. The van der Waals surface area contributed by atoms with Gasteiger partial charge in [0, 0.05) is 11.6 Å². The maximum absolute atomic E-state index is 13.7. The fraction of sp³-hybridized carbons (Fsp3) is 0.235. The van der Waals surface area contributed by atoms with Crippen LogP contribution in [-0.2, 0) is 14.8 Å². The van der Waals surface area contributed by atoms with E-state index in [0.29, 0.717) is 12.5 Å². The number of halogens is 5. The Hall–Kier alpha value is -1.81. The van der Waals surface area contributed by atoms with Crippen molar-refractivity contribution in [2.75, 3.05) is 18.4 Å². The summed E-state index contributed by atoms with van der Waals surface area (Å²) < 4.78 is 66.5. The van der Waals surface area contributed by atoms with Crippen LogP contribution in [0.2, 0.25) is 10.0 Å². The van der Waals surface area contributed by atoms with E-state index in [1.165, 1.54) is 12.1 Å². The molecule has 152 valence electrons. The zero-order valence-electron chi connectivity index (χ0n) is 14.5. The molecular weight excluding hydrogens is 440 g/mol. The number of hydrogen-bond donors (Lipinski definition) is 1. The molecule has 28 heavy (non-hydrogen) atoms. The van der Waals surface area contributed by atoms with E-state index in [1.807, 2.05) is 5.32 Å². The van der Waals surface area contributed by atoms with E-state index in [1.54, 1.807) is 6.92 Å². The molecule has 0 aliphatic carbocycles. The molecule has 0 bridgehead atoms. The lowest BCUT2D eigenvalue weighted by Gasteiger charge is -2.22. The van der Waals surface area contributed by atoms with Gasteiger partial charge in [0.15, 0.2) is 17.5 Å². The SMILES string of the molecule is CCCN(CC(=O)Nc1ccc(F)c(F)c1F)S(=O)(=O)c1cc(Cl)ccc1Cl. The van der Waals surface area contributed by atoms with Gasteiger partial charge in [-0.05, 0) is 36.8 Å². The Balaban J connectivity index is 2.28. The summed E-state index contributed by atoms with van der Waals surface area (Å²) in [6.07, 6.45) is 0.365. The Morgan fingerprint density at radius 1 is 1.11 bits per heavy atom. The molecule has 0 saturated carbocycles. The Bertz CT molecular complexity index is 1000. The molecule has 0 heterocycles. The Kier molecular flexibility index (Phi) is 7.33. The number of carbonyl (C=O) groups is 1.